The van der Waals surface area contributed by atoms with E-state index in [0.29, 0.717) is 5.78 Å². The highest BCUT2D eigenvalue weighted by molar-refractivity contribution is 6.01. The lowest BCUT2D eigenvalue weighted by atomic mass is 9.72. The van der Waals surface area contributed by atoms with Gasteiger partial charge in [0.1, 0.15) is 0 Å². The van der Waals surface area contributed by atoms with E-state index in [4.69, 9.17) is 0 Å². The molecule has 102 valence electrons. The number of carbonyl (C=O) groups is 1. The standard InChI is InChI=1S/C17H23NO/c1-2-17(9-4-10-18-12-17)16(19)15-8-7-13-5-3-6-14(13)11-15/h7-8,11,18H,2-6,9-10,12H2,1H3. The highest BCUT2D eigenvalue weighted by Crippen LogP contribution is 2.35. The smallest absolute Gasteiger partial charge is 0.170 e. The SMILES string of the molecule is CCC1(C(=O)c2ccc3c(c2)CCC3)CCCNC1. The van der Waals surface area contributed by atoms with Crippen LogP contribution in [0.5, 0.6) is 0 Å². The second-order valence-electron chi connectivity index (χ2n) is 6.08. The quantitative estimate of drug-likeness (QED) is 0.843. The summed E-state index contributed by atoms with van der Waals surface area (Å²) < 4.78 is 0. The zero-order chi connectivity index (χ0) is 13.3. The van der Waals surface area contributed by atoms with Gasteiger partial charge in [-0.15, -0.1) is 0 Å². The second kappa shape index (κ2) is 5.09. The van der Waals surface area contributed by atoms with Gasteiger partial charge in [0, 0.05) is 17.5 Å². The van der Waals surface area contributed by atoms with Gasteiger partial charge in [-0.25, -0.2) is 0 Å². The lowest BCUT2D eigenvalue weighted by molar-refractivity contribution is 0.0730. The molecule has 0 saturated carbocycles. The lowest BCUT2D eigenvalue weighted by Gasteiger charge is -2.35. The number of hydrogen-bond acceptors (Lipinski definition) is 2. The van der Waals surface area contributed by atoms with Gasteiger partial charge in [-0.05, 0) is 62.3 Å². The van der Waals surface area contributed by atoms with Crippen molar-refractivity contribution in [3.05, 3.63) is 34.9 Å². The van der Waals surface area contributed by atoms with Crippen molar-refractivity contribution in [2.24, 2.45) is 5.41 Å². The second-order valence-corrected chi connectivity index (χ2v) is 6.08. The minimum Gasteiger partial charge on any atom is -0.316 e. The molecular weight excluding hydrogens is 234 g/mol. The van der Waals surface area contributed by atoms with Gasteiger partial charge in [0.2, 0.25) is 0 Å². The topological polar surface area (TPSA) is 29.1 Å². The zero-order valence-electron chi connectivity index (χ0n) is 11.8. The summed E-state index contributed by atoms with van der Waals surface area (Å²) in [5.74, 6) is 0.358. The van der Waals surface area contributed by atoms with Crippen LogP contribution in [0, 0.1) is 5.41 Å². The minimum atomic E-state index is -0.162. The Morgan fingerprint density at radius 2 is 2.11 bits per heavy atom. The van der Waals surface area contributed by atoms with Crippen LogP contribution in [0.25, 0.3) is 0 Å². The Kier molecular flexibility index (Phi) is 3.44. The van der Waals surface area contributed by atoms with Crippen molar-refractivity contribution >= 4 is 5.78 Å². The average Bonchev–Trinajstić information content (AvgIpc) is 2.94. The van der Waals surface area contributed by atoms with E-state index >= 15 is 0 Å². The molecule has 1 unspecified atom stereocenters. The molecule has 0 spiro atoms. The van der Waals surface area contributed by atoms with E-state index in [9.17, 15) is 4.79 Å². The molecule has 0 radical (unpaired) electrons. The van der Waals surface area contributed by atoms with Crippen molar-refractivity contribution in [3.63, 3.8) is 0 Å². The average molecular weight is 257 g/mol. The van der Waals surface area contributed by atoms with Crippen LogP contribution in [-0.4, -0.2) is 18.9 Å². The van der Waals surface area contributed by atoms with Gasteiger partial charge in [-0.2, -0.15) is 0 Å². The summed E-state index contributed by atoms with van der Waals surface area (Å²) in [5, 5.41) is 3.41. The molecular formula is C17H23NO. The largest absolute Gasteiger partial charge is 0.316 e. The molecule has 1 aliphatic heterocycles. The lowest BCUT2D eigenvalue weighted by Crippen LogP contribution is -2.45. The third kappa shape index (κ3) is 2.23. The van der Waals surface area contributed by atoms with Crippen molar-refractivity contribution in [1.82, 2.24) is 5.32 Å². The van der Waals surface area contributed by atoms with Crippen LogP contribution < -0.4 is 5.32 Å². The van der Waals surface area contributed by atoms with Crippen molar-refractivity contribution in [2.45, 2.75) is 45.4 Å². The normalized spacial score (nSPS) is 26.2. The molecule has 0 amide bonds. The van der Waals surface area contributed by atoms with Crippen LogP contribution in [-0.2, 0) is 12.8 Å². The maximum atomic E-state index is 12.9. The maximum Gasteiger partial charge on any atom is 0.170 e. The van der Waals surface area contributed by atoms with Crippen LogP contribution >= 0.6 is 0 Å². The van der Waals surface area contributed by atoms with Crippen molar-refractivity contribution < 1.29 is 4.79 Å². The molecule has 1 aliphatic carbocycles. The molecule has 1 N–H and O–H groups in total. The van der Waals surface area contributed by atoms with E-state index < -0.39 is 0 Å². The van der Waals surface area contributed by atoms with Gasteiger partial charge in [0.15, 0.2) is 5.78 Å². The number of hydrogen-bond donors (Lipinski definition) is 1. The Morgan fingerprint density at radius 3 is 2.84 bits per heavy atom. The fourth-order valence-electron chi connectivity index (χ4n) is 3.64. The van der Waals surface area contributed by atoms with Crippen LogP contribution in [0.1, 0.15) is 54.1 Å². The number of piperidine rings is 1. The molecule has 0 aromatic heterocycles. The first kappa shape index (κ1) is 12.9. The summed E-state index contributed by atoms with van der Waals surface area (Å²) in [6, 6.07) is 6.39. The number of carbonyl (C=O) groups excluding carboxylic acids is 1. The molecule has 3 rings (SSSR count). The summed E-state index contributed by atoms with van der Waals surface area (Å²) >= 11 is 0. The molecule has 1 aromatic carbocycles. The first-order chi connectivity index (χ1) is 9.25. The summed E-state index contributed by atoms with van der Waals surface area (Å²) in [4.78, 5) is 12.9. The van der Waals surface area contributed by atoms with Crippen molar-refractivity contribution in [3.8, 4) is 0 Å². The Labute approximate surface area is 115 Å². The van der Waals surface area contributed by atoms with Gasteiger partial charge in [0.25, 0.3) is 0 Å². The molecule has 1 aromatic rings. The maximum absolute atomic E-state index is 12.9. The predicted molar refractivity (Wildman–Crippen MR) is 77.6 cm³/mol. The van der Waals surface area contributed by atoms with E-state index in [1.54, 1.807) is 0 Å². The van der Waals surface area contributed by atoms with Gasteiger partial charge in [-0.1, -0.05) is 19.1 Å². The van der Waals surface area contributed by atoms with Crippen molar-refractivity contribution in [2.75, 3.05) is 13.1 Å². The molecule has 1 fully saturated rings. The highest BCUT2D eigenvalue weighted by Gasteiger charge is 2.38. The van der Waals surface area contributed by atoms with E-state index in [1.165, 1.54) is 24.0 Å². The predicted octanol–water partition coefficient (Wildman–Crippen LogP) is 3.14. The summed E-state index contributed by atoms with van der Waals surface area (Å²) in [7, 11) is 0. The zero-order valence-corrected chi connectivity index (χ0v) is 11.8. The van der Waals surface area contributed by atoms with Crippen LogP contribution in [0.3, 0.4) is 0 Å². The molecule has 19 heavy (non-hydrogen) atoms. The van der Waals surface area contributed by atoms with E-state index in [2.05, 4.69) is 30.4 Å². The Morgan fingerprint density at radius 1 is 1.26 bits per heavy atom. The van der Waals surface area contributed by atoms with E-state index in [-0.39, 0.29) is 5.41 Å². The van der Waals surface area contributed by atoms with Gasteiger partial charge >= 0.3 is 0 Å². The number of benzene rings is 1. The molecule has 1 atom stereocenters. The highest BCUT2D eigenvalue weighted by atomic mass is 16.1. The van der Waals surface area contributed by atoms with E-state index in [1.807, 2.05) is 0 Å². The van der Waals surface area contributed by atoms with Gasteiger partial charge in [0.05, 0.1) is 0 Å². The molecule has 1 saturated heterocycles. The van der Waals surface area contributed by atoms with Gasteiger partial charge < -0.3 is 5.32 Å². The minimum absolute atomic E-state index is 0.162. The monoisotopic (exact) mass is 257 g/mol. The van der Waals surface area contributed by atoms with Crippen LogP contribution in [0.15, 0.2) is 18.2 Å². The molecule has 2 nitrogen and oxygen atoms in total. The molecule has 1 heterocycles. The van der Waals surface area contributed by atoms with Crippen molar-refractivity contribution in [1.29, 1.82) is 0 Å². The number of fused-ring (bicyclic) bond motifs is 1. The molecule has 2 heteroatoms. The number of ketones is 1. The first-order valence-electron chi connectivity index (χ1n) is 7.62. The number of rotatable bonds is 3. The third-order valence-electron chi connectivity index (χ3n) is 4.99. The fraction of sp³-hybridized carbons (Fsp3) is 0.588. The van der Waals surface area contributed by atoms with E-state index in [0.717, 1.165) is 44.3 Å². The summed E-state index contributed by atoms with van der Waals surface area (Å²) in [6.07, 6.45) is 6.67. The summed E-state index contributed by atoms with van der Waals surface area (Å²) in [6.45, 7) is 4.05. The number of nitrogens with one attached hydrogen (secondary N) is 1. The summed E-state index contributed by atoms with van der Waals surface area (Å²) in [5.41, 5.74) is 3.63. The first-order valence-corrected chi connectivity index (χ1v) is 7.62. The Bertz CT molecular complexity index is 486. The fourth-order valence-corrected chi connectivity index (χ4v) is 3.64. The number of Topliss-reactive ketones (excluding diaryl/α,β-unsaturated/α-hetero) is 1. The van der Waals surface area contributed by atoms with Gasteiger partial charge in [-0.3, -0.25) is 4.79 Å². The third-order valence-corrected chi connectivity index (χ3v) is 4.99. The van der Waals surface area contributed by atoms with Crippen LogP contribution in [0.4, 0.5) is 0 Å². The number of aryl methyl sites for hydroxylation is 2. The molecule has 2 aliphatic rings. The van der Waals surface area contributed by atoms with Crippen LogP contribution in [0.2, 0.25) is 0 Å². The Hall–Kier alpha value is -1.15. The Balaban J connectivity index is 1.90. The molecule has 0 bridgehead atoms.